The van der Waals surface area contributed by atoms with Gasteiger partial charge in [-0.3, -0.25) is 0 Å². The van der Waals surface area contributed by atoms with Gasteiger partial charge in [0, 0.05) is 12.1 Å². The zero-order valence-corrected chi connectivity index (χ0v) is 15.6. The average Bonchev–Trinajstić information content (AvgIpc) is 2.52. The van der Waals surface area contributed by atoms with E-state index in [0.717, 1.165) is 38.3 Å². The van der Waals surface area contributed by atoms with Gasteiger partial charge < -0.3 is 15.4 Å². The highest BCUT2D eigenvalue weighted by Crippen LogP contribution is 2.28. The topological polar surface area (TPSA) is 33.3 Å². The number of hydrogen-bond acceptors (Lipinski definition) is 3. The predicted molar refractivity (Wildman–Crippen MR) is 104 cm³/mol. The molecule has 0 heterocycles. The molecule has 130 valence electrons. The van der Waals surface area contributed by atoms with Crippen molar-refractivity contribution in [1.29, 1.82) is 0 Å². The maximum atomic E-state index is 5.79. The second-order valence-electron chi connectivity index (χ2n) is 5.08. The van der Waals surface area contributed by atoms with Crippen molar-refractivity contribution < 1.29 is 4.74 Å². The van der Waals surface area contributed by atoms with Crippen molar-refractivity contribution in [2.75, 3.05) is 26.2 Å². The molecule has 0 amide bonds. The Bertz CT molecular complexity index is 564. The molecule has 2 rings (SSSR count). The van der Waals surface area contributed by atoms with E-state index in [0.29, 0.717) is 6.61 Å². The maximum absolute atomic E-state index is 5.79. The third kappa shape index (κ3) is 6.56. The van der Waals surface area contributed by atoms with Crippen LogP contribution in [0.5, 0.6) is 5.75 Å². The molecular weight excluding hydrogens is 331 g/mol. The minimum Gasteiger partial charge on any atom is -0.494 e. The van der Waals surface area contributed by atoms with E-state index in [-0.39, 0.29) is 24.8 Å². The highest BCUT2D eigenvalue weighted by molar-refractivity contribution is 5.87. The van der Waals surface area contributed by atoms with Crippen molar-refractivity contribution in [3.05, 3.63) is 42.0 Å². The highest BCUT2D eigenvalue weighted by Gasteiger charge is 2.08. The van der Waals surface area contributed by atoms with Gasteiger partial charge in [0.25, 0.3) is 0 Å². The molecule has 0 spiro atoms. The van der Waals surface area contributed by atoms with Gasteiger partial charge in [-0.05, 0) is 49.8 Å². The SMILES string of the molecule is CCNCCCNCc1c(OCC)ccc2ccccc12.Cl.Cl. The van der Waals surface area contributed by atoms with Crippen LogP contribution >= 0.6 is 24.8 Å². The molecule has 0 aliphatic rings. The van der Waals surface area contributed by atoms with Crippen LogP contribution in [0.4, 0.5) is 0 Å². The number of hydrogen-bond donors (Lipinski definition) is 2. The van der Waals surface area contributed by atoms with Gasteiger partial charge in [-0.15, -0.1) is 24.8 Å². The summed E-state index contributed by atoms with van der Waals surface area (Å²) in [6.07, 6.45) is 1.14. The molecule has 0 bridgehead atoms. The number of benzene rings is 2. The molecule has 0 aliphatic carbocycles. The summed E-state index contributed by atoms with van der Waals surface area (Å²) in [5, 5.41) is 9.42. The Balaban J connectivity index is 0.00000242. The lowest BCUT2D eigenvalue weighted by Crippen LogP contribution is -2.21. The molecular formula is C18H28Cl2N2O. The van der Waals surface area contributed by atoms with Crippen LogP contribution in [-0.2, 0) is 6.54 Å². The number of rotatable bonds is 9. The Morgan fingerprint density at radius 3 is 2.39 bits per heavy atom. The third-order valence-electron chi connectivity index (χ3n) is 3.56. The van der Waals surface area contributed by atoms with E-state index >= 15 is 0 Å². The summed E-state index contributed by atoms with van der Waals surface area (Å²) in [7, 11) is 0. The first kappa shape index (κ1) is 22.0. The first-order valence-electron chi connectivity index (χ1n) is 7.91. The van der Waals surface area contributed by atoms with Gasteiger partial charge in [-0.2, -0.15) is 0 Å². The molecule has 2 aromatic carbocycles. The fourth-order valence-electron chi connectivity index (χ4n) is 2.52. The average molecular weight is 359 g/mol. The quantitative estimate of drug-likeness (QED) is 0.660. The fourth-order valence-corrected chi connectivity index (χ4v) is 2.52. The standard InChI is InChI=1S/C18H26N2O.2ClH/c1-3-19-12-7-13-20-14-17-16-9-6-5-8-15(16)10-11-18(17)21-4-2;;/h5-6,8-11,19-20H,3-4,7,12-14H2,1-2H3;2*1H. The summed E-state index contributed by atoms with van der Waals surface area (Å²) in [6.45, 7) is 8.84. The number of fused-ring (bicyclic) bond motifs is 1. The highest BCUT2D eigenvalue weighted by atomic mass is 35.5. The van der Waals surface area contributed by atoms with Gasteiger partial charge in [0.2, 0.25) is 0 Å². The molecule has 0 saturated carbocycles. The van der Waals surface area contributed by atoms with Crippen molar-refractivity contribution in [3.8, 4) is 5.75 Å². The summed E-state index contributed by atoms with van der Waals surface area (Å²) in [5.74, 6) is 0.996. The first-order valence-corrected chi connectivity index (χ1v) is 7.91. The van der Waals surface area contributed by atoms with E-state index < -0.39 is 0 Å². The van der Waals surface area contributed by atoms with Crippen LogP contribution in [0.2, 0.25) is 0 Å². The second kappa shape index (κ2) is 12.4. The Morgan fingerprint density at radius 1 is 0.913 bits per heavy atom. The maximum Gasteiger partial charge on any atom is 0.124 e. The van der Waals surface area contributed by atoms with Crippen LogP contribution < -0.4 is 15.4 Å². The first-order chi connectivity index (χ1) is 10.4. The lowest BCUT2D eigenvalue weighted by atomic mass is 10.0. The number of nitrogens with one attached hydrogen (secondary N) is 2. The molecule has 2 aromatic rings. The van der Waals surface area contributed by atoms with Crippen molar-refractivity contribution in [3.63, 3.8) is 0 Å². The summed E-state index contributed by atoms with van der Waals surface area (Å²) in [5.41, 5.74) is 1.26. The molecule has 0 fully saturated rings. The zero-order valence-electron chi connectivity index (χ0n) is 13.9. The molecule has 2 N–H and O–H groups in total. The molecule has 0 radical (unpaired) electrons. The van der Waals surface area contributed by atoms with Gasteiger partial charge in [-0.1, -0.05) is 37.3 Å². The van der Waals surface area contributed by atoms with Crippen LogP contribution in [0.25, 0.3) is 10.8 Å². The lowest BCUT2D eigenvalue weighted by molar-refractivity contribution is 0.336. The normalized spacial score (nSPS) is 10.0. The van der Waals surface area contributed by atoms with Gasteiger partial charge in [0.15, 0.2) is 0 Å². The van der Waals surface area contributed by atoms with Gasteiger partial charge in [0.05, 0.1) is 6.61 Å². The number of halogens is 2. The second-order valence-corrected chi connectivity index (χ2v) is 5.08. The Kier molecular flexibility index (Phi) is 11.9. The zero-order chi connectivity index (χ0) is 14.9. The van der Waals surface area contributed by atoms with Crippen LogP contribution in [0.3, 0.4) is 0 Å². The van der Waals surface area contributed by atoms with E-state index in [1.807, 2.05) is 6.92 Å². The van der Waals surface area contributed by atoms with E-state index in [4.69, 9.17) is 4.74 Å². The van der Waals surface area contributed by atoms with Crippen LogP contribution in [-0.4, -0.2) is 26.2 Å². The minimum atomic E-state index is 0. The van der Waals surface area contributed by atoms with Crippen LogP contribution in [0.1, 0.15) is 25.8 Å². The monoisotopic (exact) mass is 358 g/mol. The largest absolute Gasteiger partial charge is 0.494 e. The van der Waals surface area contributed by atoms with Crippen LogP contribution in [0.15, 0.2) is 36.4 Å². The van der Waals surface area contributed by atoms with Crippen molar-refractivity contribution in [2.45, 2.75) is 26.8 Å². The minimum absolute atomic E-state index is 0. The molecule has 0 saturated heterocycles. The summed E-state index contributed by atoms with van der Waals surface area (Å²) in [6, 6.07) is 12.7. The van der Waals surface area contributed by atoms with Gasteiger partial charge >= 0.3 is 0 Å². The van der Waals surface area contributed by atoms with Gasteiger partial charge in [0.1, 0.15) is 5.75 Å². The lowest BCUT2D eigenvalue weighted by Gasteiger charge is -2.14. The smallest absolute Gasteiger partial charge is 0.124 e. The Hall–Kier alpha value is -1.000. The van der Waals surface area contributed by atoms with E-state index in [1.54, 1.807) is 0 Å². The number of ether oxygens (including phenoxy) is 1. The van der Waals surface area contributed by atoms with Crippen molar-refractivity contribution in [2.24, 2.45) is 0 Å². The third-order valence-corrected chi connectivity index (χ3v) is 3.56. The molecule has 5 heteroatoms. The van der Waals surface area contributed by atoms with E-state index in [9.17, 15) is 0 Å². The molecule has 0 atom stereocenters. The van der Waals surface area contributed by atoms with E-state index in [1.165, 1.54) is 16.3 Å². The van der Waals surface area contributed by atoms with Gasteiger partial charge in [-0.25, -0.2) is 0 Å². The molecule has 0 aromatic heterocycles. The van der Waals surface area contributed by atoms with E-state index in [2.05, 4.69) is 54.0 Å². The molecule has 0 unspecified atom stereocenters. The summed E-state index contributed by atoms with van der Waals surface area (Å²) < 4.78 is 5.79. The van der Waals surface area contributed by atoms with Crippen LogP contribution in [0, 0.1) is 0 Å². The molecule has 3 nitrogen and oxygen atoms in total. The summed E-state index contributed by atoms with van der Waals surface area (Å²) >= 11 is 0. The predicted octanol–water partition coefficient (Wildman–Crippen LogP) is 4.17. The summed E-state index contributed by atoms with van der Waals surface area (Å²) in [4.78, 5) is 0. The van der Waals surface area contributed by atoms with Crippen molar-refractivity contribution in [1.82, 2.24) is 10.6 Å². The molecule has 23 heavy (non-hydrogen) atoms. The van der Waals surface area contributed by atoms with Crippen molar-refractivity contribution >= 4 is 35.6 Å². The fraction of sp³-hybridized carbons (Fsp3) is 0.444. The Morgan fingerprint density at radius 2 is 1.65 bits per heavy atom. The molecule has 0 aliphatic heterocycles. The Labute approximate surface area is 152 Å².